The Kier molecular flexibility index (Phi) is 6.18. The van der Waals surface area contributed by atoms with E-state index in [9.17, 15) is 18.0 Å². The van der Waals surface area contributed by atoms with Gasteiger partial charge in [0.05, 0.1) is 24.5 Å². The highest BCUT2D eigenvalue weighted by Crippen LogP contribution is 2.35. The summed E-state index contributed by atoms with van der Waals surface area (Å²) in [7, 11) is 0. The van der Waals surface area contributed by atoms with Crippen molar-refractivity contribution < 1.29 is 22.7 Å². The maximum atomic E-state index is 13.7. The number of benzene rings is 2. The quantitative estimate of drug-likeness (QED) is 0.647. The molecule has 2 heterocycles. The zero-order chi connectivity index (χ0) is 22.7. The van der Waals surface area contributed by atoms with Gasteiger partial charge in [-0.25, -0.2) is 4.68 Å². The zero-order valence-electron chi connectivity index (χ0n) is 17.5. The number of nitrogens with zero attached hydrogens (tertiary/aromatic N) is 3. The van der Waals surface area contributed by atoms with Crippen LogP contribution in [0.1, 0.15) is 27.3 Å². The van der Waals surface area contributed by atoms with Crippen molar-refractivity contribution in [1.29, 1.82) is 0 Å². The Morgan fingerprint density at radius 3 is 2.47 bits per heavy atom. The molecule has 0 saturated carbocycles. The van der Waals surface area contributed by atoms with E-state index in [2.05, 4.69) is 10.4 Å². The van der Waals surface area contributed by atoms with E-state index >= 15 is 0 Å². The van der Waals surface area contributed by atoms with Crippen LogP contribution < -0.4 is 10.2 Å². The third kappa shape index (κ3) is 4.77. The lowest BCUT2D eigenvalue weighted by molar-refractivity contribution is -0.138. The molecule has 32 heavy (non-hydrogen) atoms. The SMILES string of the molecule is Cc1cc(C(=O)NCc2ccc(N3CCOCC3)cc2C(F)(F)F)nn1-c1ccccc1. The number of carbonyl (C=O) groups excluding carboxylic acids is 1. The molecule has 1 aromatic heterocycles. The summed E-state index contributed by atoms with van der Waals surface area (Å²) in [6.07, 6.45) is -4.53. The summed E-state index contributed by atoms with van der Waals surface area (Å²) in [5, 5.41) is 6.87. The van der Waals surface area contributed by atoms with Crippen molar-refractivity contribution in [3.63, 3.8) is 0 Å². The summed E-state index contributed by atoms with van der Waals surface area (Å²) >= 11 is 0. The van der Waals surface area contributed by atoms with Crippen molar-refractivity contribution in [2.45, 2.75) is 19.6 Å². The van der Waals surface area contributed by atoms with E-state index in [1.807, 2.05) is 42.2 Å². The fraction of sp³-hybridized carbons (Fsp3) is 0.304. The number of hydrogen-bond acceptors (Lipinski definition) is 4. The molecule has 0 spiro atoms. The smallest absolute Gasteiger partial charge is 0.378 e. The molecule has 0 bridgehead atoms. The Labute approximate surface area is 183 Å². The van der Waals surface area contributed by atoms with E-state index < -0.39 is 17.6 Å². The molecule has 1 saturated heterocycles. The molecular weight excluding hydrogens is 421 g/mol. The molecule has 3 aromatic rings. The number of amides is 1. The van der Waals surface area contributed by atoms with Crippen LogP contribution in [0.4, 0.5) is 18.9 Å². The molecule has 1 N–H and O–H groups in total. The second-order valence-corrected chi connectivity index (χ2v) is 7.54. The molecular formula is C23H23F3N4O2. The van der Waals surface area contributed by atoms with Crippen LogP contribution in [-0.2, 0) is 17.5 Å². The van der Waals surface area contributed by atoms with Crippen LogP contribution in [0.25, 0.3) is 5.69 Å². The van der Waals surface area contributed by atoms with Gasteiger partial charge in [-0.3, -0.25) is 4.79 Å². The van der Waals surface area contributed by atoms with Gasteiger partial charge in [0.2, 0.25) is 0 Å². The minimum absolute atomic E-state index is 0.00192. The Bertz CT molecular complexity index is 1090. The molecule has 1 amide bonds. The van der Waals surface area contributed by atoms with E-state index in [0.717, 1.165) is 17.4 Å². The number of aromatic nitrogens is 2. The van der Waals surface area contributed by atoms with Gasteiger partial charge in [-0.05, 0) is 42.8 Å². The molecule has 1 aliphatic rings. The summed E-state index contributed by atoms with van der Waals surface area (Å²) in [5.74, 6) is -0.534. The zero-order valence-corrected chi connectivity index (χ0v) is 17.5. The molecule has 168 valence electrons. The molecule has 1 aliphatic heterocycles. The lowest BCUT2D eigenvalue weighted by Gasteiger charge is -2.29. The number of para-hydroxylation sites is 1. The number of anilines is 1. The van der Waals surface area contributed by atoms with Crippen molar-refractivity contribution in [3.8, 4) is 5.69 Å². The lowest BCUT2D eigenvalue weighted by atomic mass is 10.0. The molecule has 9 heteroatoms. The summed E-state index contributed by atoms with van der Waals surface area (Å²) in [6.45, 7) is 3.59. The average molecular weight is 444 g/mol. The standard InChI is InChI=1S/C23H23F3N4O2/c1-16-13-21(28-30(16)18-5-3-2-4-6-18)22(31)27-15-17-7-8-19(14-20(17)23(24,25)26)29-9-11-32-12-10-29/h2-8,13-14H,9-12,15H2,1H3,(H,27,31). The van der Waals surface area contributed by atoms with Crippen molar-refractivity contribution >= 4 is 11.6 Å². The molecule has 0 radical (unpaired) electrons. The van der Waals surface area contributed by atoms with Crippen molar-refractivity contribution in [2.24, 2.45) is 0 Å². The van der Waals surface area contributed by atoms with Crippen LogP contribution in [-0.4, -0.2) is 42.0 Å². The monoisotopic (exact) mass is 444 g/mol. The number of alkyl halides is 3. The third-order valence-electron chi connectivity index (χ3n) is 5.34. The third-order valence-corrected chi connectivity index (χ3v) is 5.34. The highest BCUT2D eigenvalue weighted by Gasteiger charge is 2.34. The van der Waals surface area contributed by atoms with E-state index in [0.29, 0.717) is 32.0 Å². The van der Waals surface area contributed by atoms with Crippen LogP contribution in [0.15, 0.2) is 54.6 Å². The highest BCUT2D eigenvalue weighted by atomic mass is 19.4. The van der Waals surface area contributed by atoms with E-state index in [1.165, 1.54) is 6.07 Å². The maximum absolute atomic E-state index is 13.7. The van der Waals surface area contributed by atoms with Crippen LogP contribution in [0, 0.1) is 6.92 Å². The first kappa shape index (κ1) is 21.9. The number of ether oxygens (including phenoxy) is 1. The number of aryl methyl sites for hydroxylation is 1. The second kappa shape index (κ2) is 9.04. The molecule has 4 rings (SSSR count). The fourth-order valence-corrected chi connectivity index (χ4v) is 3.68. The van der Waals surface area contributed by atoms with Gasteiger partial charge in [-0.1, -0.05) is 24.3 Å². The number of carbonyl (C=O) groups is 1. The predicted octanol–water partition coefficient (Wildman–Crippen LogP) is 3.97. The Balaban J connectivity index is 1.51. The molecule has 2 aromatic carbocycles. The van der Waals surface area contributed by atoms with Crippen molar-refractivity contribution in [3.05, 3.63) is 77.1 Å². The van der Waals surface area contributed by atoms with Gasteiger partial charge in [0.25, 0.3) is 5.91 Å². The van der Waals surface area contributed by atoms with E-state index in [-0.39, 0.29) is 17.8 Å². The van der Waals surface area contributed by atoms with Gasteiger partial charge < -0.3 is 15.0 Å². The molecule has 1 fully saturated rings. The largest absolute Gasteiger partial charge is 0.416 e. The summed E-state index contributed by atoms with van der Waals surface area (Å²) in [5.41, 5.74) is 1.42. The minimum Gasteiger partial charge on any atom is -0.378 e. The van der Waals surface area contributed by atoms with Crippen molar-refractivity contribution in [2.75, 3.05) is 31.2 Å². The first-order valence-electron chi connectivity index (χ1n) is 10.3. The predicted molar refractivity (Wildman–Crippen MR) is 114 cm³/mol. The summed E-state index contributed by atoms with van der Waals surface area (Å²) < 4.78 is 48.0. The Morgan fingerprint density at radius 1 is 1.06 bits per heavy atom. The molecule has 6 nitrogen and oxygen atoms in total. The Hall–Kier alpha value is -3.33. The van der Waals surface area contributed by atoms with Crippen LogP contribution in [0.5, 0.6) is 0 Å². The van der Waals surface area contributed by atoms with Gasteiger partial charge in [-0.2, -0.15) is 18.3 Å². The van der Waals surface area contributed by atoms with Crippen LogP contribution in [0.2, 0.25) is 0 Å². The number of rotatable bonds is 5. The van der Waals surface area contributed by atoms with Crippen molar-refractivity contribution in [1.82, 2.24) is 15.1 Å². The number of halogens is 3. The Morgan fingerprint density at radius 2 is 1.78 bits per heavy atom. The average Bonchev–Trinajstić information content (AvgIpc) is 3.19. The molecule has 0 atom stereocenters. The van der Waals surface area contributed by atoms with Gasteiger partial charge >= 0.3 is 6.18 Å². The first-order chi connectivity index (χ1) is 15.3. The van der Waals surface area contributed by atoms with Gasteiger partial charge in [0.1, 0.15) is 0 Å². The fourth-order valence-electron chi connectivity index (χ4n) is 3.68. The van der Waals surface area contributed by atoms with Crippen LogP contribution >= 0.6 is 0 Å². The number of nitrogens with one attached hydrogen (secondary N) is 1. The topological polar surface area (TPSA) is 59.4 Å². The second-order valence-electron chi connectivity index (χ2n) is 7.54. The van der Waals surface area contributed by atoms with E-state index in [1.54, 1.807) is 16.8 Å². The minimum atomic E-state index is -4.53. The summed E-state index contributed by atoms with van der Waals surface area (Å²) in [4.78, 5) is 14.5. The molecule has 0 aliphatic carbocycles. The van der Waals surface area contributed by atoms with E-state index in [4.69, 9.17) is 4.74 Å². The number of morpholine rings is 1. The number of hydrogen-bond donors (Lipinski definition) is 1. The first-order valence-corrected chi connectivity index (χ1v) is 10.3. The van der Waals surface area contributed by atoms with Crippen LogP contribution in [0.3, 0.4) is 0 Å². The maximum Gasteiger partial charge on any atom is 0.416 e. The van der Waals surface area contributed by atoms with Gasteiger partial charge in [0.15, 0.2) is 5.69 Å². The van der Waals surface area contributed by atoms with Gasteiger partial charge in [0, 0.05) is 31.0 Å². The summed E-state index contributed by atoms with van der Waals surface area (Å²) in [6, 6.07) is 15.1. The highest BCUT2D eigenvalue weighted by molar-refractivity contribution is 5.92. The molecule has 0 unspecified atom stereocenters. The lowest BCUT2D eigenvalue weighted by Crippen LogP contribution is -2.36. The normalized spacial score (nSPS) is 14.4. The van der Waals surface area contributed by atoms with Gasteiger partial charge in [-0.15, -0.1) is 0 Å².